The number of amides is 1. The summed E-state index contributed by atoms with van der Waals surface area (Å²) < 4.78 is 0. The van der Waals surface area contributed by atoms with Gasteiger partial charge in [0.2, 0.25) is 0 Å². The van der Waals surface area contributed by atoms with Crippen molar-refractivity contribution in [3.05, 3.63) is 41.0 Å². The predicted octanol–water partition coefficient (Wildman–Crippen LogP) is 2.23. The highest BCUT2D eigenvalue weighted by atomic mass is 16.4. The number of hydrogen-bond acceptors (Lipinski definition) is 2. The fraction of sp³-hybridized carbons (Fsp3) is 0.286. The first-order valence-electron chi connectivity index (χ1n) is 5.72. The molecule has 0 saturated carbocycles. The maximum absolute atomic E-state index is 11.9. The number of carbonyl (C=O) groups is 2. The second-order valence-corrected chi connectivity index (χ2v) is 4.37. The number of benzene rings is 1. The summed E-state index contributed by atoms with van der Waals surface area (Å²) in [5, 5.41) is 11.4. The zero-order chi connectivity index (χ0) is 13.7. The van der Waals surface area contributed by atoms with Crippen LogP contribution in [0.25, 0.3) is 6.08 Å². The summed E-state index contributed by atoms with van der Waals surface area (Å²) in [7, 11) is 0. The first-order valence-corrected chi connectivity index (χ1v) is 5.72. The zero-order valence-corrected chi connectivity index (χ0v) is 10.7. The summed E-state index contributed by atoms with van der Waals surface area (Å²) in [5.41, 5.74) is 2.12. The third-order valence-corrected chi connectivity index (χ3v) is 2.34. The summed E-state index contributed by atoms with van der Waals surface area (Å²) in [5.74, 6) is -1.16. The van der Waals surface area contributed by atoms with Crippen molar-refractivity contribution in [2.24, 2.45) is 0 Å². The van der Waals surface area contributed by atoms with Crippen molar-refractivity contribution >= 4 is 18.0 Å². The highest BCUT2D eigenvalue weighted by molar-refractivity contribution is 5.96. The number of carboxylic acids is 1. The average molecular weight is 247 g/mol. The Morgan fingerprint density at radius 2 is 2.00 bits per heavy atom. The molecule has 4 nitrogen and oxygen atoms in total. The lowest BCUT2D eigenvalue weighted by Gasteiger charge is -2.11. The van der Waals surface area contributed by atoms with Crippen LogP contribution in [0, 0.1) is 6.92 Å². The van der Waals surface area contributed by atoms with E-state index in [1.54, 1.807) is 18.2 Å². The van der Waals surface area contributed by atoms with Gasteiger partial charge < -0.3 is 10.4 Å². The summed E-state index contributed by atoms with van der Waals surface area (Å²) in [6.07, 6.45) is 2.52. The number of carbonyl (C=O) groups excluding carboxylic acids is 1. The van der Waals surface area contributed by atoms with Gasteiger partial charge in [-0.05, 0) is 44.0 Å². The molecular formula is C14H17NO3. The second kappa shape index (κ2) is 6.00. The smallest absolute Gasteiger partial charge is 0.328 e. The molecule has 0 atom stereocenters. The largest absolute Gasteiger partial charge is 0.478 e. The number of rotatable bonds is 4. The second-order valence-electron chi connectivity index (χ2n) is 4.37. The minimum atomic E-state index is -1.01. The highest BCUT2D eigenvalue weighted by Gasteiger charge is 2.10. The van der Waals surface area contributed by atoms with Crippen LogP contribution in [0.5, 0.6) is 0 Å². The molecule has 0 radical (unpaired) electrons. The van der Waals surface area contributed by atoms with E-state index in [0.29, 0.717) is 11.1 Å². The summed E-state index contributed by atoms with van der Waals surface area (Å²) in [6.45, 7) is 5.63. The fourth-order valence-electron chi connectivity index (χ4n) is 1.50. The monoisotopic (exact) mass is 247 g/mol. The van der Waals surface area contributed by atoms with Crippen LogP contribution in [0.3, 0.4) is 0 Å². The molecule has 96 valence electrons. The van der Waals surface area contributed by atoms with E-state index in [0.717, 1.165) is 11.6 Å². The Bertz CT molecular complexity index is 490. The topological polar surface area (TPSA) is 66.4 Å². The molecule has 2 N–H and O–H groups in total. The standard InChI is InChI=1S/C14H17NO3/c1-9(2)15-14(18)12-8-11(5-4-10(12)3)6-7-13(16)17/h4-9H,1-3H3,(H,15,18)(H,16,17). The van der Waals surface area contributed by atoms with Gasteiger partial charge >= 0.3 is 5.97 Å². The first kappa shape index (κ1) is 14.0. The molecule has 1 aromatic carbocycles. The van der Waals surface area contributed by atoms with Crippen LogP contribution in [0.4, 0.5) is 0 Å². The third kappa shape index (κ3) is 4.05. The number of hydrogen-bond donors (Lipinski definition) is 2. The Hall–Kier alpha value is -2.10. The molecule has 0 heterocycles. The van der Waals surface area contributed by atoms with Crippen LogP contribution < -0.4 is 5.32 Å². The van der Waals surface area contributed by atoms with E-state index in [2.05, 4.69) is 5.32 Å². The molecule has 0 bridgehead atoms. The number of aryl methyl sites for hydroxylation is 1. The number of carboxylic acid groups (broad SMARTS) is 1. The Labute approximate surface area is 106 Å². The molecule has 0 aliphatic heterocycles. The van der Waals surface area contributed by atoms with Crippen LogP contribution in [0.2, 0.25) is 0 Å². The van der Waals surface area contributed by atoms with Crippen LogP contribution in [-0.2, 0) is 4.79 Å². The molecule has 0 unspecified atom stereocenters. The van der Waals surface area contributed by atoms with Gasteiger partial charge in [-0.2, -0.15) is 0 Å². The molecule has 0 fully saturated rings. The van der Waals surface area contributed by atoms with E-state index in [-0.39, 0.29) is 11.9 Å². The Morgan fingerprint density at radius 3 is 2.56 bits per heavy atom. The quantitative estimate of drug-likeness (QED) is 0.802. The molecule has 1 rings (SSSR count). The van der Waals surface area contributed by atoms with Gasteiger partial charge in [-0.15, -0.1) is 0 Å². The van der Waals surface area contributed by atoms with Gasteiger partial charge in [0.05, 0.1) is 0 Å². The number of aliphatic carboxylic acids is 1. The summed E-state index contributed by atoms with van der Waals surface area (Å²) in [4.78, 5) is 22.4. The van der Waals surface area contributed by atoms with Crippen molar-refractivity contribution in [2.75, 3.05) is 0 Å². The SMILES string of the molecule is Cc1ccc(C=CC(=O)O)cc1C(=O)NC(C)C. The molecule has 0 aliphatic rings. The van der Waals surface area contributed by atoms with Crippen LogP contribution >= 0.6 is 0 Å². The Balaban J connectivity index is 3.01. The highest BCUT2D eigenvalue weighted by Crippen LogP contribution is 2.13. The lowest BCUT2D eigenvalue weighted by molar-refractivity contribution is -0.131. The Morgan fingerprint density at radius 1 is 1.33 bits per heavy atom. The lowest BCUT2D eigenvalue weighted by Crippen LogP contribution is -2.30. The van der Waals surface area contributed by atoms with Gasteiger partial charge in [0, 0.05) is 17.7 Å². The van der Waals surface area contributed by atoms with E-state index in [1.165, 1.54) is 6.08 Å². The fourth-order valence-corrected chi connectivity index (χ4v) is 1.50. The minimum Gasteiger partial charge on any atom is -0.478 e. The molecule has 1 aromatic rings. The molecule has 4 heteroatoms. The van der Waals surface area contributed by atoms with Gasteiger partial charge in [0.25, 0.3) is 5.91 Å². The maximum Gasteiger partial charge on any atom is 0.328 e. The Kier molecular flexibility index (Phi) is 4.66. The third-order valence-electron chi connectivity index (χ3n) is 2.34. The van der Waals surface area contributed by atoms with Crippen molar-refractivity contribution < 1.29 is 14.7 Å². The molecule has 0 aromatic heterocycles. The average Bonchev–Trinajstić information content (AvgIpc) is 2.26. The summed E-state index contributed by atoms with van der Waals surface area (Å²) in [6, 6.07) is 5.33. The molecule has 0 saturated heterocycles. The molecular weight excluding hydrogens is 230 g/mol. The number of nitrogens with one attached hydrogen (secondary N) is 1. The zero-order valence-electron chi connectivity index (χ0n) is 10.7. The van der Waals surface area contributed by atoms with Crippen molar-refractivity contribution in [2.45, 2.75) is 26.8 Å². The van der Waals surface area contributed by atoms with E-state index in [1.807, 2.05) is 20.8 Å². The predicted molar refractivity (Wildman–Crippen MR) is 70.5 cm³/mol. The van der Waals surface area contributed by atoms with Crippen molar-refractivity contribution in [1.29, 1.82) is 0 Å². The first-order chi connectivity index (χ1) is 8.40. The van der Waals surface area contributed by atoms with Crippen LogP contribution in [-0.4, -0.2) is 23.0 Å². The normalized spacial score (nSPS) is 10.9. The lowest BCUT2D eigenvalue weighted by atomic mass is 10.0. The van der Waals surface area contributed by atoms with Gasteiger partial charge in [-0.3, -0.25) is 4.79 Å². The van der Waals surface area contributed by atoms with Crippen molar-refractivity contribution in [3.8, 4) is 0 Å². The van der Waals surface area contributed by atoms with Crippen LogP contribution in [0.1, 0.15) is 35.3 Å². The maximum atomic E-state index is 11.9. The van der Waals surface area contributed by atoms with Gasteiger partial charge in [0.15, 0.2) is 0 Å². The van der Waals surface area contributed by atoms with Crippen LogP contribution in [0.15, 0.2) is 24.3 Å². The van der Waals surface area contributed by atoms with Gasteiger partial charge in [-0.1, -0.05) is 12.1 Å². The minimum absolute atomic E-state index is 0.0649. The van der Waals surface area contributed by atoms with Gasteiger partial charge in [-0.25, -0.2) is 4.79 Å². The summed E-state index contributed by atoms with van der Waals surface area (Å²) >= 11 is 0. The van der Waals surface area contributed by atoms with Crippen molar-refractivity contribution in [3.63, 3.8) is 0 Å². The van der Waals surface area contributed by atoms with E-state index in [4.69, 9.17) is 5.11 Å². The van der Waals surface area contributed by atoms with Gasteiger partial charge in [0.1, 0.15) is 0 Å². The van der Waals surface area contributed by atoms with E-state index >= 15 is 0 Å². The molecule has 0 spiro atoms. The molecule has 0 aliphatic carbocycles. The van der Waals surface area contributed by atoms with E-state index < -0.39 is 5.97 Å². The van der Waals surface area contributed by atoms with E-state index in [9.17, 15) is 9.59 Å². The molecule has 18 heavy (non-hydrogen) atoms. The van der Waals surface area contributed by atoms with Crippen molar-refractivity contribution in [1.82, 2.24) is 5.32 Å². The molecule has 1 amide bonds.